The molecule has 144 valence electrons. The van der Waals surface area contributed by atoms with Crippen LogP contribution in [0.1, 0.15) is 36.3 Å². The lowest BCUT2D eigenvalue weighted by Gasteiger charge is -2.32. The predicted octanol–water partition coefficient (Wildman–Crippen LogP) is 4.20. The van der Waals surface area contributed by atoms with Crippen LogP contribution in [0.25, 0.3) is 10.2 Å². The molecule has 1 atom stereocenters. The van der Waals surface area contributed by atoms with E-state index in [4.69, 9.17) is 4.98 Å². The number of rotatable bonds is 4. The van der Waals surface area contributed by atoms with Gasteiger partial charge in [0, 0.05) is 31.6 Å². The lowest BCUT2D eigenvalue weighted by Crippen LogP contribution is -2.39. The number of nitrogens with one attached hydrogen (secondary N) is 1. The highest BCUT2D eigenvalue weighted by Gasteiger charge is 2.26. The van der Waals surface area contributed by atoms with Crippen molar-refractivity contribution in [2.24, 2.45) is 0 Å². The van der Waals surface area contributed by atoms with E-state index in [1.54, 1.807) is 11.3 Å². The predicted molar refractivity (Wildman–Crippen MR) is 113 cm³/mol. The molecule has 1 aromatic heterocycles. The minimum absolute atomic E-state index is 0.0990. The maximum absolute atomic E-state index is 12.8. The standard InChI is InChI=1S/C22H23N3O2S/c1-15(26)23-18-10-8-16(9-11-18)13-21(27)25-12-4-5-17(14-25)22-24-19-6-2-3-7-20(19)28-22/h2-3,6-11,17H,4-5,12-14H2,1H3,(H,23,26)/t17-/m1/s1. The Balaban J connectivity index is 1.41. The average molecular weight is 394 g/mol. The fourth-order valence-electron chi connectivity index (χ4n) is 3.67. The molecule has 1 aliphatic heterocycles. The van der Waals surface area contributed by atoms with Gasteiger partial charge in [0.25, 0.3) is 0 Å². The van der Waals surface area contributed by atoms with Gasteiger partial charge in [0.2, 0.25) is 11.8 Å². The Kier molecular flexibility index (Phi) is 5.39. The molecule has 3 aromatic rings. The van der Waals surface area contributed by atoms with E-state index in [1.807, 2.05) is 47.4 Å². The zero-order valence-corrected chi connectivity index (χ0v) is 16.7. The van der Waals surface area contributed by atoms with Gasteiger partial charge < -0.3 is 10.2 Å². The van der Waals surface area contributed by atoms with E-state index >= 15 is 0 Å². The lowest BCUT2D eigenvalue weighted by molar-refractivity contribution is -0.131. The number of benzene rings is 2. The quantitative estimate of drug-likeness (QED) is 0.722. The molecule has 28 heavy (non-hydrogen) atoms. The monoisotopic (exact) mass is 393 g/mol. The van der Waals surface area contributed by atoms with E-state index in [1.165, 1.54) is 11.6 Å². The minimum Gasteiger partial charge on any atom is -0.342 e. The van der Waals surface area contributed by atoms with Crippen molar-refractivity contribution in [3.8, 4) is 0 Å². The zero-order valence-electron chi connectivity index (χ0n) is 15.9. The highest BCUT2D eigenvalue weighted by Crippen LogP contribution is 2.33. The molecule has 2 aromatic carbocycles. The summed E-state index contributed by atoms with van der Waals surface area (Å²) < 4.78 is 1.21. The SMILES string of the molecule is CC(=O)Nc1ccc(CC(=O)N2CCC[C@@H](c3nc4ccccc4s3)C2)cc1. The summed E-state index contributed by atoms with van der Waals surface area (Å²) >= 11 is 1.74. The van der Waals surface area contributed by atoms with E-state index < -0.39 is 0 Å². The first-order valence-corrected chi connectivity index (χ1v) is 10.4. The first kappa shape index (κ1) is 18.6. The van der Waals surface area contributed by atoms with Crippen LogP contribution in [0.5, 0.6) is 0 Å². The largest absolute Gasteiger partial charge is 0.342 e. The maximum Gasteiger partial charge on any atom is 0.227 e. The van der Waals surface area contributed by atoms with Crippen molar-refractivity contribution in [1.29, 1.82) is 0 Å². The summed E-state index contributed by atoms with van der Waals surface area (Å²) in [6.45, 7) is 3.03. The highest BCUT2D eigenvalue weighted by atomic mass is 32.1. The second kappa shape index (κ2) is 8.10. The summed E-state index contributed by atoms with van der Waals surface area (Å²) in [5.41, 5.74) is 2.75. The molecule has 0 bridgehead atoms. The van der Waals surface area contributed by atoms with Crippen molar-refractivity contribution < 1.29 is 9.59 Å². The number of hydrogen-bond acceptors (Lipinski definition) is 4. The average Bonchev–Trinajstić information content (AvgIpc) is 3.13. The van der Waals surface area contributed by atoms with Crippen LogP contribution < -0.4 is 5.32 Å². The van der Waals surface area contributed by atoms with Crippen molar-refractivity contribution in [2.45, 2.75) is 32.1 Å². The Bertz CT molecular complexity index is 963. The van der Waals surface area contributed by atoms with Gasteiger partial charge in [-0.25, -0.2) is 4.98 Å². The lowest BCUT2D eigenvalue weighted by atomic mass is 9.98. The molecule has 4 rings (SSSR count). The van der Waals surface area contributed by atoms with Crippen molar-refractivity contribution in [3.63, 3.8) is 0 Å². The fraction of sp³-hybridized carbons (Fsp3) is 0.318. The van der Waals surface area contributed by atoms with Gasteiger partial charge in [-0.15, -0.1) is 11.3 Å². The van der Waals surface area contributed by atoms with E-state index in [0.717, 1.165) is 47.7 Å². The molecular formula is C22H23N3O2S. The van der Waals surface area contributed by atoms with Crippen molar-refractivity contribution in [1.82, 2.24) is 9.88 Å². The molecular weight excluding hydrogens is 370 g/mol. The molecule has 0 radical (unpaired) electrons. The number of hydrogen-bond donors (Lipinski definition) is 1. The number of fused-ring (bicyclic) bond motifs is 1. The van der Waals surface area contributed by atoms with Crippen LogP contribution in [-0.4, -0.2) is 34.8 Å². The Labute approximate surface area is 168 Å². The Morgan fingerprint density at radius 3 is 2.71 bits per heavy atom. The third kappa shape index (κ3) is 4.22. The van der Waals surface area contributed by atoms with Gasteiger partial charge in [-0.1, -0.05) is 24.3 Å². The van der Waals surface area contributed by atoms with Crippen LogP contribution in [0.2, 0.25) is 0 Å². The van der Waals surface area contributed by atoms with Crippen LogP contribution in [0.4, 0.5) is 5.69 Å². The van der Waals surface area contributed by atoms with E-state index in [-0.39, 0.29) is 11.8 Å². The van der Waals surface area contributed by atoms with Gasteiger partial charge in [0.15, 0.2) is 0 Å². The van der Waals surface area contributed by atoms with Crippen LogP contribution in [0.3, 0.4) is 0 Å². The second-order valence-corrected chi connectivity index (χ2v) is 8.32. The third-order valence-electron chi connectivity index (χ3n) is 5.06. The third-order valence-corrected chi connectivity index (χ3v) is 6.26. The first-order valence-electron chi connectivity index (χ1n) is 9.58. The highest BCUT2D eigenvalue weighted by molar-refractivity contribution is 7.18. The van der Waals surface area contributed by atoms with Gasteiger partial charge >= 0.3 is 0 Å². The molecule has 5 nitrogen and oxygen atoms in total. The van der Waals surface area contributed by atoms with Crippen LogP contribution in [0.15, 0.2) is 48.5 Å². The smallest absolute Gasteiger partial charge is 0.227 e. The molecule has 0 saturated carbocycles. The number of carbonyl (C=O) groups is 2. The van der Waals surface area contributed by atoms with Crippen LogP contribution >= 0.6 is 11.3 Å². The fourth-order valence-corrected chi connectivity index (χ4v) is 4.76. The van der Waals surface area contributed by atoms with E-state index in [2.05, 4.69) is 11.4 Å². The number of piperidine rings is 1. The molecule has 1 N–H and O–H groups in total. The maximum atomic E-state index is 12.8. The number of nitrogens with zero attached hydrogens (tertiary/aromatic N) is 2. The Morgan fingerprint density at radius 1 is 1.18 bits per heavy atom. The number of thiazole rings is 1. The Morgan fingerprint density at radius 2 is 1.96 bits per heavy atom. The normalized spacial score (nSPS) is 16.9. The number of amides is 2. The Hall–Kier alpha value is -2.73. The summed E-state index contributed by atoms with van der Waals surface area (Å²) in [4.78, 5) is 30.7. The molecule has 1 saturated heterocycles. The second-order valence-electron chi connectivity index (χ2n) is 7.25. The van der Waals surface area contributed by atoms with Crippen LogP contribution in [-0.2, 0) is 16.0 Å². The molecule has 1 fully saturated rings. The van der Waals surface area contributed by atoms with Gasteiger partial charge in [-0.3, -0.25) is 9.59 Å². The first-order chi connectivity index (χ1) is 13.6. The summed E-state index contributed by atoms with van der Waals surface area (Å²) in [6.07, 6.45) is 2.47. The van der Waals surface area contributed by atoms with Crippen molar-refractivity contribution in [2.75, 3.05) is 18.4 Å². The van der Waals surface area contributed by atoms with Gasteiger partial charge in [-0.05, 0) is 42.7 Å². The van der Waals surface area contributed by atoms with Gasteiger partial charge in [-0.2, -0.15) is 0 Å². The number of likely N-dealkylation sites (tertiary alicyclic amines) is 1. The molecule has 0 spiro atoms. The van der Waals surface area contributed by atoms with Crippen molar-refractivity contribution >= 4 is 39.1 Å². The van der Waals surface area contributed by atoms with Gasteiger partial charge in [0.1, 0.15) is 0 Å². The summed E-state index contributed by atoms with van der Waals surface area (Å²) in [5.74, 6) is 0.369. The molecule has 1 aliphatic rings. The van der Waals surface area contributed by atoms with Crippen molar-refractivity contribution in [3.05, 3.63) is 59.1 Å². The summed E-state index contributed by atoms with van der Waals surface area (Å²) in [7, 11) is 0. The minimum atomic E-state index is -0.0990. The van der Waals surface area contributed by atoms with Gasteiger partial charge in [0.05, 0.1) is 21.6 Å². The van der Waals surface area contributed by atoms with Crippen LogP contribution in [0, 0.1) is 0 Å². The zero-order chi connectivity index (χ0) is 19.5. The van der Waals surface area contributed by atoms with E-state index in [0.29, 0.717) is 12.3 Å². The molecule has 2 heterocycles. The summed E-state index contributed by atoms with van der Waals surface area (Å²) in [6, 6.07) is 15.7. The summed E-state index contributed by atoms with van der Waals surface area (Å²) in [5, 5.41) is 3.88. The number of para-hydroxylation sites is 1. The molecule has 6 heteroatoms. The number of anilines is 1. The van der Waals surface area contributed by atoms with E-state index in [9.17, 15) is 9.59 Å². The number of aromatic nitrogens is 1. The number of carbonyl (C=O) groups excluding carboxylic acids is 2. The molecule has 0 unspecified atom stereocenters. The molecule has 0 aliphatic carbocycles. The topological polar surface area (TPSA) is 62.3 Å². The molecule has 2 amide bonds.